The largest absolute Gasteiger partial charge is 0.334 e. The second-order valence-corrected chi connectivity index (χ2v) is 7.51. The first-order valence-electron chi connectivity index (χ1n) is 10.3. The number of aromatic nitrogens is 2. The second kappa shape index (κ2) is 8.14. The molecule has 4 rings (SSSR count). The van der Waals surface area contributed by atoms with Crippen LogP contribution in [0.1, 0.15) is 49.4 Å². The molecule has 0 radical (unpaired) electrons. The SMILES string of the molecule is CCc1ccc(C2NC(=O)N(CC)C(C)=C2c2nc(-c3cccc(C)c3)no2)cc1. The molecule has 30 heavy (non-hydrogen) atoms. The molecular formula is C24H26N4O2. The summed E-state index contributed by atoms with van der Waals surface area (Å²) in [5, 5.41) is 7.32. The highest BCUT2D eigenvalue weighted by Crippen LogP contribution is 2.37. The zero-order valence-electron chi connectivity index (χ0n) is 17.8. The van der Waals surface area contributed by atoms with Crippen LogP contribution in [0.4, 0.5) is 4.79 Å². The van der Waals surface area contributed by atoms with Crippen molar-refractivity contribution in [2.24, 2.45) is 0 Å². The molecule has 2 heterocycles. The number of allylic oxidation sites excluding steroid dienone is 1. The Morgan fingerprint density at radius 1 is 1.10 bits per heavy atom. The molecule has 3 aromatic rings. The maximum Gasteiger partial charge on any atom is 0.322 e. The number of nitrogens with zero attached hydrogens (tertiary/aromatic N) is 3. The maximum absolute atomic E-state index is 12.7. The maximum atomic E-state index is 12.7. The molecule has 0 fully saturated rings. The summed E-state index contributed by atoms with van der Waals surface area (Å²) in [6.07, 6.45) is 0.964. The molecule has 0 saturated heterocycles. The fourth-order valence-corrected chi connectivity index (χ4v) is 3.87. The van der Waals surface area contributed by atoms with Crippen LogP contribution < -0.4 is 5.32 Å². The fraction of sp³-hybridized carbons (Fsp3) is 0.292. The Kier molecular flexibility index (Phi) is 5.40. The average molecular weight is 402 g/mol. The van der Waals surface area contributed by atoms with Crippen LogP contribution in [0.15, 0.2) is 58.8 Å². The van der Waals surface area contributed by atoms with Crippen LogP contribution in [0.2, 0.25) is 0 Å². The van der Waals surface area contributed by atoms with E-state index in [0.717, 1.165) is 34.4 Å². The van der Waals surface area contributed by atoms with E-state index < -0.39 is 0 Å². The van der Waals surface area contributed by atoms with Crippen molar-refractivity contribution in [3.05, 3.63) is 76.8 Å². The van der Waals surface area contributed by atoms with Crippen LogP contribution in [-0.2, 0) is 6.42 Å². The van der Waals surface area contributed by atoms with Crippen molar-refractivity contribution in [2.75, 3.05) is 6.54 Å². The third-order valence-electron chi connectivity index (χ3n) is 5.57. The zero-order chi connectivity index (χ0) is 21.3. The summed E-state index contributed by atoms with van der Waals surface area (Å²) >= 11 is 0. The van der Waals surface area contributed by atoms with Gasteiger partial charge in [-0.05, 0) is 44.4 Å². The molecule has 1 atom stereocenters. The molecule has 0 spiro atoms. The summed E-state index contributed by atoms with van der Waals surface area (Å²) in [6, 6.07) is 15.8. The van der Waals surface area contributed by atoms with Crippen molar-refractivity contribution < 1.29 is 9.32 Å². The lowest BCUT2D eigenvalue weighted by molar-refractivity contribution is 0.207. The standard InChI is InChI=1S/C24H26N4O2/c1-5-17-10-12-18(13-11-17)21-20(16(4)28(6-2)24(29)25-21)23-26-22(27-30-23)19-9-7-8-15(3)14-19/h7-14,21H,5-6H2,1-4H3,(H,25,29). The summed E-state index contributed by atoms with van der Waals surface area (Å²) in [5.41, 5.74) is 5.92. The predicted octanol–water partition coefficient (Wildman–Crippen LogP) is 5.12. The number of nitrogens with one attached hydrogen (secondary N) is 1. The smallest absolute Gasteiger partial charge is 0.322 e. The monoisotopic (exact) mass is 402 g/mol. The number of benzene rings is 2. The third-order valence-corrected chi connectivity index (χ3v) is 5.57. The number of rotatable bonds is 5. The third kappa shape index (κ3) is 3.61. The van der Waals surface area contributed by atoms with Crippen molar-refractivity contribution in [3.8, 4) is 11.4 Å². The topological polar surface area (TPSA) is 71.3 Å². The van der Waals surface area contributed by atoms with E-state index in [2.05, 4.69) is 46.6 Å². The lowest BCUT2D eigenvalue weighted by atomic mass is 9.94. The van der Waals surface area contributed by atoms with Crippen molar-refractivity contribution in [3.63, 3.8) is 0 Å². The summed E-state index contributed by atoms with van der Waals surface area (Å²) in [7, 11) is 0. The van der Waals surface area contributed by atoms with Crippen LogP contribution in [0.5, 0.6) is 0 Å². The van der Waals surface area contributed by atoms with Gasteiger partial charge in [-0.15, -0.1) is 0 Å². The molecular weight excluding hydrogens is 376 g/mol. The number of urea groups is 1. The molecule has 1 aromatic heterocycles. The van der Waals surface area contributed by atoms with Crippen LogP contribution in [-0.4, -0.2) is 27.6 Å². The lowest BCUT2D eigenvalue weighted by Crippen LogP contribution is -2.45. The predicted molar refractivity (Wildman–Crippen MR) is 117 cm³/mol. The summed E-state index contributed by atoms with van der Waals surface area (Å²) in [5.74, 6) is 0.959. The van der Waals surface area contributed by atoms with Gasteiger partial charge in [-0.25, -0.2) is 4.79 Å². The first kappa shape index (κ1) is 19.9. The van der Waals surface area contributed by atoms with Crippen molar-refractivity contribution >= 4 is 11.6 Å². The number of hydrogen-bond donors (Lipinski definition) is 1. The van der Waals surface area contributed by atoms with Gasteiger partial charge in [0.15, 0.2) is 0 Å². The normalized spacial score (nSPS) is 16.7. The number of aryl methyl sites for hydroxylation is 2. The highest BCUT2D eigenvalue weighted by atomic mass is 16.5. The average Bonchev–Trinajstić information content (AvgIpc) is 3.23. The summed E-state index contributed by atoms with van der Waals surface area (Å²) in [6.45, 7) is 8.59. The van der Waals surface area contributed by atoms with E-state index in [4.69, 9.17) is 4.52 Å². The van der Waals surface area contributed by atoms with Gasteiger partial charge in [0, 0.05) is 17.8 Å². The van der Waals surface area contributed by atoms with Crippen LogP contribution in [0.25, 0.3) is 17.0 Å². The molecule has 6 nitrogen and oxygen atoms in total. The minimum Gasteiger partial charge on any atom is -0.334 e. The van der Waals surface area contributed by atoms with Gasteiger partial charge < -0.3 is 9.84 Å². The Labute approximate surface area is 176 Å². The Morgan fingerprint density at radius 3 is 2.53 bits per heavy atom. The summed E-state index contributed by atoms with van der Waals surface area (Å²) < 4.78 is 5.70. The Balaban J connectivity index is 1.80. The molecule has 0 bridgehead atoms. The number of amides is 2. The van der Waals surface area contributed by atoms with E-state index in [-0.39, 0.29) is 12.1 Å². The van der Waals surface area contributed by atoms with E-state index in [1.165, 1.54) is 5.56 Å². The van der Waals surface area contributed by atoms with Gasteiger partial charge in [0.05, 0.1) is 11.6 Å². The highest BCUT2D eigenvalue weighted by molar-refractivity contribution is 5.86. The highest BCUT2D eigenvalue weighted by Gasteiger charge is 2.35. The van der Waals surface area contributed by atoms with Crippen LogP contribution in [0, 0.1) is 6.92 Å². The van der Waals surface area contributed by atoms with Gasteiger partial charge in [-0.1, -0.05) is 60.1 Å². The Hall–Kier alpha value is -3.41. The minimum atomic E-state index is -0.350. The van der Waals surface area contributed by atoms with E-state index in [9.17, 15) is 4.79 Å². The fourth-order valence-electron chi connectivity index (χ4n) is 3.87. The Bertz CT molecular complexity index is 1100. The lowest BCUT2D eigenvalue weighted by Gasteiger charge is -2.34. The number of carbonyl (C=O) groups is 1. The molecule has 1 unspecified atom stereocenters. The van der Waals surface area contributed by atoms with Gasteiger partial charge in [-0.2, -0.15) is 4.98 Å². The van der Waals surface area contributed by atoms with E-state index in [0.29, 0.717) is 18.3 Å². The van der Waals surface area contributed by atoms with Crippen molar-refractivity contribution in [2.45, 2.75) is 40.2 Å². The number of hydrogen-bond acceptors (Lipinski definition) is 4. The van der Waals surface area contributed by atoms with Gasteiger partial charge in [-0.3, -0.25) is 4.90 Å². The molecule has 1 aliphatic rings. The molecule has 2 aromatic carbocycles. The van der Waals surface area contributed by atoms with E-state index in [1.54, 1.807) is 4.90 Å². The van der Waals surface area contributed by atoms with Gasteiger partial charge in [0.1, 0.15) is 0 Å². The zero-order valence-corrected chi connectivity index (χ0v) is 17.8. The Morgan fingerprint density at radius 2 is 1.87 bits per heavy atom. The molecule has 1 aliphatic heterocycles. The molecule has 2 amide bonds. The first-order chi connectivity index (χ1) is 14.5. The molecule has 0 aliphatic carbocycles. The van der Waals surface area contributed by atoms with E-state index >= 15 is 0 Å². The minimum absolute atomic E-state index is 0.123. The summed E-state index contributed by atoms with van der Waals surface area (Å²) in [4.78, 5) is 19.1. The van der Waals surface area contributed by atoms with Crippen LogP contribution in [0.3, 0.4) is 0 Å². The van der Waals surface area contributed by atoms with Gasteiger partial charge >= 0.3 is 6.03 Å². The first-order valence-corrected chi connectivity index (χ1v) is 10.3. The van der Waals surface area contributed by atoms with Crippen molar-refractivity contribution in [1.29, 1.82) is 0 Å². The van der Waals surface area contributed by atoms with Gasteiger partial charge in [0.25, 0.3) is 5.89 Å². The van der Waals surface area contributed by atoms with Crippen molar-refractivity contribution in [1.82, 2.24) is 20.4 Å². The molecule has 0 saturated carbocycles. The van der Waals surface area contributed by atoms with Crippen LogP contribution >= 0.6 is 0 Å². The molecule has 154 valence electrons. The second-order valence-electron chi connectivity index (χ2n) is 7.51. The molecule has 6 heteroatoms. The molecule has 1 N–H and O–H groups in total. The number of carbonyl (C=O) groups excluding carboxylic acids is 1. The van der Waals surface area contributed by atoms with Gasteiger partial charge in [0.2, 0.25) is 5.82 Å². The van der Waals surface area contributed by atoms with E-state index in [1.807, 2.05) is 45.0 Å². The quantitative estimate of drug-likeness (QED) is 0.643.